The van der Waals surface area contributed by atoms with Crippen LogP contribution in [0.1, 0.15) is 42.5 Å². The van der Waals surface area contributed by atoms with Crippen LogP contribution in [-0.4, -0.2) is 68.8 Å². The van der Waals surface area contributed by atoms with Crippen molar-refractivity contribution in [2.24, 2.45) is 0 Å². The molecular formula is C25H31ClFN4O3S2-. The molecule has 0 saturated carbocycles. The van der Waals surface area contributed by atoms with Gasteiger partial charge in [0.15, 0.2) is 5.13 Å². The molecule has 1 amide bonds. The normalized spacial score (nSPS) is 15.0. The molecule has 2 aromatic carbocycles. The number of carbonyl (C=O) groups is 1. The number of hydrogen-bond acceptors (Lipinski definition) is 6. The topological polar surface area (TPSA) is 73.8 Å². The van der Waals surface area contributed by atoms with Crippen molar-refractivity contribution in [3.63, 3.8) is 0 Å². The molecule has 0 bridgehead atoms. The highest BCUT2D eigenvalue weighted by Crippen LogP contribution is 2.31. The molecule has 1 aromatic heterocycles. The first-order valence-electron chi connectivity index (χ1n) is 11.9. The highest BCUT2D eigenvalue weighted by Gasteiger charge is 2.26. The van der Waals surface area contributed by atoms with E-state index in [4.69, 9.17) is 0 Å². The Morgan fingerprint density at radius 2 is 1.69 bits per heavy atom. The zero-order valence-corrected chi connectivity index (χ0v) is 22.9. The van der Waals surface area contributed by atoms with Crippen molar-refractivity contribution in [3.05, 3.63) is 53.8 Å². The van der Waals surface area contributed by atoms with Crippen molar-refractivity contribution in [2.75, 3.05) is 45.2 Å². The SMILES string of the molecule is CN(C)CCCN(C(=O)c1ccc(S(=O)(=O)N2CCCCCC2)cc1)c1nc2ccc(F)cc2s1.[Cl-]. The monoisotopic (exact) mass is 553 g/mol. The minimum atomic E-state index is -3.59. The lowest BCUT2D eigenvalue weighted by atomic mass is 10.2. The summed E-state index contributed by atoms with van der Waals surface area (Å²) in [6, 6.07) is 10.5. The molecule has 4 rings (SSSR count). The van der Waals surface area contributed by atoms with Gasteiger partial charge in [-0.1, -0.05) is 24.2 Å². The molecule has 0 radical (unpaired) electrons. The van der Waals surface area contributed by atoms with Crippen molar-refractivity contribution in [3.8, 4) is 0 Å². The molecule has 0 unspecified atom stereocenters. The summed E-state index contributed by atoms with van der Waals surface area (Å²) >= 11 is 1.27. The van der Waals surface area contributed by atoms with E-state index in [9.17, 15) is 17.6 Å². The molecule has 36 heavy (non-hydrogen) atoms. The fraction of sp³-hybridized carbons (Fsp3) is 0.440. The maximum Gasteiger partial charge on any atom is 0.260 e. The molecule has 1 saturated heterocycles. The second kappa shape index (κ2) is 12.4. The molecular weight excluding hydrogens is 523 g/mol. The van der Waals surface area contributed by atoms with Gasteiger partial charge in [0.1, 0.15) is 5.82 Å². The van der Waals surface area contributed by atoms with Crippen LogP contribution >= 0.6 is 11.3 Å². The van der Waals surface area contributed by atoms with E-state index in [-0.39, 0.29) is 29.0 Å². The molecule has 1 aliphatic rings. The maximum absolute atomic E-state index is 13.7. The average molecular weight is 554 g/mol. The Morgan fingerprint density at radius 1 is 1.03 bits per heavy atom. The molecule has 2 heterocycles. The Balaban J connectivity index is 0.00000361. The lowest BCUT2D eigenvalue weighted by Gasteiger charge is -2.22. The number of aromatic nitrogens is 1. The van der Waals surface area contributed by atoms with Crippen LogP contribution in [0.5, 0.6) is 0 Å². The van der Waals surface area contributed by atoms with Crippen LogP contribution in [0.15, 0.2) is 47.4 Å². The molecule has 196 valence electrons. The van der Waals surface area contributed by atoms with Gasteiger partial charge in [0.05, 0.1) is 15.1 Å². The largest absolute Gasteiger partial charge is 1.00 e. The highest BCUT2D eigenvalue weighted by molar-refractivity contribution is 7.89. The fourth-order valence-electron chi connectivity index (χ4n) is 4.19. The van der Waals surface area contributed by atoms with Gasteiger partial charge < -0.3 is 17.3 Å². The third kappa shape index (κ3) is 6.60. The Hall–Kier alpha value is -2.11. The molecule has 1 aliphatic heterocycles. The fourth-order valence-corrected chi connectivity index (χ4v) is 6.72. The summed E-state index contributed by atoms with van der Waals surface area (Å²) in [5.41, 5.74) is 1.02. The van der Waals surface area contributed by atoms with E-state index in [0.29, 0.717) is 40.5 Å². The molecule has 0 aliphatic carbocycles. The summed E-state index contributed by atoms with van der Waals surface area (Å²) in [5, 5.41) is 0.496. The van der Waals surface area contributed by atoms with Gasteiger partial charge in [-0.05, 0) is 82.4 Å². The number of fused-ring (bicyclic) bond motifs is 1. The van der Waals surface area contributed by atoms with Crippen LogP contribution in [0.4, 0.5) is 9.52 Å². The lowest BCUT2D eigenvalue weighted by molar-refractivity contribution is -0.0000179. The van der Waals surface area contributed by atoms with E-state index in [0.717, 1.165) is 38.6 Å². The number of carbonyl (C=O) groups excluding carboxylic acids is 1. The van der Waals surface area contributed by atoms with Gasteiger partial charge in [-0.2, -0.15) is 4.31 Å². The minimum absolute atomic E-state index is 0. The Labute approximate surface area is 222 Å². The van der Waals surface area contributed by atoms with Crippen molar-refractivity contribution < 1.29 is 30.0 Å². The van der Waals surface area contributed by atoms with E-state index in [1.165, 1.54) is 35.6 Å². The summed E-state index contributed by atoms with van der Waals surface area (Å²) in [5.74, 6) is -0.610. The smallest absolute Gasteiger partial charge is 0.260 e. The molecule has 7 nitrogen and oxygen atoms in total. The number of anilines is 1. The van der Waals surface area contributed by atoms with Crippen LogP contribution < -0.4 is 17.3 Å². The van der Waals surface area contributed by atoms with Crippen LogP contribution in [0, 0.1) is 5.82 Å². The van der Waals surface area contributed by atoms with Gasteiger partial charge in [-0.25, -0.2) is 17.8 Å². The quantitative estimate of drug-likeness (QED) is 0.424. The van der Waals surface area contributed by atoms with Gasteiger partial charge in [0.2, 0.25) is 10.0 Å². The number of halogens is 2. The van der Waals surface area contributed by atoms with Gasteiger partial charge in [0, 0.05) is 25.2 Å². The zero-order chi connectivity index (χ0) is 25.0. The molecule has 0 atom stereocenters. The maximum atomic E-state index is 13.7. The van der Waals surface area contributed by atoms with Crippen molar-refractivity contribution in [1.29, 1.82) is 0 Å². The van der Waals surface area contributed by atoms with Gasteiger partial charge in [-0.3, -0.25) is 9.69 Å². The third-order valence-electron chi connectivity index (χ3n) is 6.11. The number of rotatable bonds is 8. The van der Waals surface area contributed by atoms with Gasteiger partial charge in [-0.15, -0.1) is 0 Å². The number of hydrogen-bond donors (Lipinski definition) is 0. The Morgan fingerprint density at radius 3 is 2.33 bits per heavy atom. The standard InChI is InChI=1S/C25H31FN4O3S2.ClH/c1-28(2)14-7-17-30(25-27-22-13-10-20(26)18-23(22)34-25)24(31)19-8-11-21(12-9-19)35(32,33)29-15-5-3-4-6-16-29;/h8-13,18H,3-7,14-17H2,1-2H3;1H/p-1. The first-order chi connectivity index (χ1) is 16.8. The van der Waals surface area contributed by atoms with Crippen molar-refractivity contribution in [1.82, 2.24) is 14.2 Å². The first kappa shape index (κ1) is 28.5. The number of benzene rings is 2. The predicted octanol–water partition coefficient (Wildman–Crippen LogP) is 1.60. The zero-order valence-electron chi connectivity index (χ0n) is 20.5. The summed E-state index contributed by atoms with van der Waals surface area (Å²) < 4.78 is 42.1. The van der Waals surface area contributed by atoms with E-state index in [2.05, 4.69) is 4.98 Å². The molecule has 0 spiro atoms. The van der Waals surface area contributed by atoms with Crippen LogP contribution in [0.2, 0.25) is 0 Å². The second-order valence-corrected chi connectivity index (χ2v) is 12.0. The van der Waals surface area contributed by atoms with Gasteiger partial charge >= 0.3 is 0 Å². The summed E-state index contributed by atoms with van der Waals surface area (Å²) in [6.07, 6.45) is 4.54. The third-order valence-corrected chi connectivity index (χ3v) is 9.06. The van der Waals surface area contributed by atoms with Crippen LogP contribution in [-0.2, 0) is 10.0 Å². The van der Waals surface area contributed by atoms with Crippen LogP contribution in [0.3, 0.4) is 0 Å². The van der Waals surface area contributed by atoms with E-state index < -0.39 is 10.0 Å². The molecule has 0 N–H and O–H groups in total. The highest BCUT2D eigenvalue weighted by atomic mass is 35.5. The molecule has 11 heteroatoms. The number of amides is 1. The average Bonchev–Trinajstić information content (AvgIpc) is 3.04. The summed E-state index contributed by atoms with van der Waals surface area (Å²) in [4.78, 5) is 21.9. The number of thiazole rings is 1. The van der Waals surface area contributed by atoms with Crippen molar-refractivity contribution >= 4 is 42.6 Å². The van der Waals surface area contributed by atoms with Crippen LogP contribution in [0.25, 0.3) is 10.2 Å². The van der Waals surface area contributed by atoms with E-state index in [1.807, 2.05) is 19.0 Å². The Bertz CT molecular complexity index is 1270. The molecule has 1 fully saturated rings. The number of nitrogens with zero attached hydrogens (tertiary/aromatic N) is 4. The number of sulfonamides is 1. The Kier molecular flexibility index (Phi) is 9.82. The van der Waals surface area contributed by atoms with E-state index in [1.54, 1.807) is 27.4 Å². The summed E-state index contributed by atoms with van der Waals surface area (Å²) in [7, 11) is 0.348. The lowest BCUT2D eigenvalue weighted by Crippen LogP contribution is -3.00. The first-order valence-corrected chi connectivity index (χ1v) is 14.1. The van der Waals surface area contributed by atoms with Gasteiger partial charge in [0.25, 0.3) is 5.91 Å². The predicted molar refractivity (Wildman–Crippen MR) is 138 cm³/mol. The van der Waals surface area contributed by atoms with E-state index >= 15 is 0 Å². The van der Waals surface area contributed by atoms with Crippen molar-refractivity contribution in [2.45, 2.75) is 37.0 Å². The molecule has 3 aromatic rings. The summed E-state index contributed by atoms with van der Waals surface area (Å²) in [6.45, 7) is 2.28. The second-order valence-electron chi connectivity index (χ2n) is 9.06. The minimum Gasteiger partial charge on any atom is -1.00 e.